The predicted molar refractivity (Wildman–Crippen MR) is 106 cm³/mol. The number of nitriles is 1. The van der Waals surface area contributed by atoms with Crippen LogP contribution in [0.5, 0.6) is 0 Å². The maximum atomic E-state index is 14.7. The molecule has 2 fully saturated rings. The summed E-state index contributed by atoms with van der Waals surface area (Å²) in [6.07, 6.45) is 9.54. The fourth-order valence-electron chi connectivity index (χ4n) is 3.72. The lowest BCUT2D eigenvalue weighted by Crippen LogP contribution is -2.49. The van der Waals surface area contributed by atoms with E-state index in [0.717, 1.165) is 19.0 Å². The summed E-state index contributed by atoms with van der Waals surface area (Å²) in [6.45, 7) is 0.604. The molecule has 10 heteroatoms. The average molecular weight is 423 g/mol. The second-order valence-corrected chi connectivity index (χ2v) is 8.02. The average Bonchev–Trinajstić information content (AvgIpc) is 3.47. The Morgan fingerprint density at radius 2 is 2.06 bits per heavy atom. The summed E-state index contributed by atoms with van der Waals surface area (Å²) in [5, 5.41) is 16.1. The molecule has 1 aliphatic heterocycles. The van der Waals surface area contributed by atoms with Gasteiger partial charge in [0.25, 0.3) is 5.91 Å². The number of halogens is 2. The number of anilines is 2. The van der Waals surface area contributed by atoms with Crippen molar-refractivity contribution >= 4 is 17.5 Å². The van der Waals surface area contributed by atoms with Crippen molar-refractivity contribution in [1.82, 2.24) is 24.6 Å². The molecule has 1 unspecified atom stereocenters. The van der Waals surface area contributed by atoms with E-state index in [9.17, 15) is 13.6 Å². The summed E-state index contributed by atoms with van der Waals surface area (Å²) in [6, 6.07) is 2.51. The van der Waals surface area contributed by atoms with Gasteiger partial charge in [-0.05, 0) is 12.8 Å². The molecular weight excluding hydrogens is 404 g/mol. The van der Waals surface area contributed by atoms with Crippen LogP contribution in [0.4, 0.5) is 20.4 Å². The van der Waals surface area contributed by atoms with Crippen molar-refractivity contribution in [2.75, 3.05) is 18.4 Å². The zero-order valence-electron chi connectivity index (χ0n) is 16.5. The highest BCUT2D eigenvalue weighted by Crippen LogP contribution is 2.36. The smallest absolute Gasteiger partial charge is 0.256 e. The number of hydrogen-bond acceptors (Lipinski definition) is 6. The van der Waals surface area contributed by atoms with Crippen LogP contribution < -0.4 is 5.32 Å². The van der Waals surface area contributed by atoms with Gasteiger partial charge >= 0.3 is 0 Å². The predicted octanol–water partition coefficient (Wildman–Crippen LogP) is 3.14. The molecule has 0 bridgehead atoms. The lowest BCUT2D eigenvalue weighted by molar-refractivity contribution is -0.131. The van der Waals surface area contributed by atoms with Crippen molar-refractivity contribution in [3.8, 4) is 6.07 Å². The highest BCUT2D eigenvalue weighted by atomic mass is 19.1. The number of carbonyl (C=O) groups excluding carboxylic acids is 1. The van der Waals surface area contributed by atoms with Crippen LogP contribution in [0.25, 0.3) is 0 Å². The van der Waals surface area contributed by atoms with Crippen LogP contribution in [0.15, 0.2) is 42.1 Å². The first-order valence-corrected chi connectivity index (χ1v) is 10.1. The van der Waals surface area contributed by atoms with Crippen LogP contribution in [0.2, 0.25) is 0 Å². The molecule has 2 aromatic rings. The van der Waals surface area contributed by atoms with Crippen molar-refractivity contribution in [3.63, 3.8) is 0 Å². The Balaban J connectivity index is 1.29. The standard InChI is InChI=1S/C21H19F2N7O/c22-17-5-13(1-4-16(17)20(31)29-9-12(6-24)10-29)19-18(23)8-25-21(28-19)27-14-7-26-30(11-14)15-2-3-15/h1,4,7-8,11-13,15H,2-3,5,9-10H2,(H,25,27,28). The Bertz CT molecular complexity index is 1140. The number of hydrogen-bond donors (Lipinski definition) is 1. The van der Waals surface area contributed by atoms with E-state index in [1.165, 1.54) is 11.0 Å². The third-order valence-corrected chi connectivity index (χ3v) is 5.67. The van der Waals surface area contributed by atoms with E-state index in [1.807, 2.05) is 10.9 Å². The molecule has 1 amide bonds. The minimum atomic E-state index is -0.655. The third kappa shape index (κ3) is 3.79. The molecule has 2 aliphatic carbocycles. The normalized spacial score (nSPS) is 21.1. The van der Waals surface area contributed by atoms with Crippen molar-refractivity contribution < 1.29 is 13.6 Å². The minimum Gasteiger partial charge on any atom is -0.336 e. The third-order valence-electron chi connectivity index (χ3n) is 5.67. The zero-order valence-corrected chi connectivity index (χ0v) is 16.5. The quantitative estimate of drug-likeness (QED) is 0.793. The van der Waals surface area contributed by atoms with Gasteiger partial charge in [0, 0.05) is 31.6 Å². The molecule has 0 spiro atoms. The van der Waals surface area contributed by atoms with Crippen LogP contribution in [0.1, 0.15) is 36.9 Å². The Morgan fingerprint density at radius 3 is 2.77 bits per heavy atom. The first-order valence-electron chi connectivity index (χ1n) is 10.1. The summed E-state index contributed by atoms with van der Waals surface area (Å²) < 4.78 is 31.0. The highest BCUT2D eigenvalue weighted by Gasteiger charge is 2.34. The molecule has 0 radical (unpaired) electrons. The molecule has 8 nitrogen and oxygen atoms in total. The Kier molecular flexibility index (Phi) is 4.73. The number of aromatic nitrogens is 4. The van der Waals surface area contributed by atoms with Crippen molar-refractivity contribution in [1.29, 1.82) is 5.26 Å². The van der Waals surface area contributed by atoms with Crippen LogP contribution in [-0.4, -0.2) is 43.6 Å². The van der Waals surface area contributed by atoms with Gasteiger partial charge in [0.1, 0.15) is 5.83 Å². The molecule has 0 aromatic carbocycles. The molecule has 2 aromatic heterocycles. The van der Waals surface area contributed by atoms with Gasteiger partial charge in [0.15, 0.2) is 5.82 Å². The topological polar surface area (TPSA) is 99.7 Å². The van der Waals surface area contributed by atoms with Crippen LogP contribution in [0.3, 0.4) is 0 Å². The monoisotopic (exact) mass is 423 g/mol. The van der Waals surface area contributed by atoms with Crippen LogP contribution >= 0.6 is 0 Å². The highest BCUT2D eigenvalue weighted by molar-refractivity contribution is 5.97. The van der Waals surface area contributed by atoms with Crippen LogP contribution in [0, 0.1) is 23.1 Å². The van der Waals surface area contributed by atoms with E-state index < -0.39 is 23.5 Å². The van der Waals surface area contributed by atoms with Gasteiger partial charge in [0.05, 0.1) is 47.4 Å². The summed E-state index contributed by atoms with van der Waals surface area (Å²) in [4.78, 5) is 22.1. The number of nitrogens with zero attached hydrogens (tertiary/aromatic N) is 6. The van der Waals surface area contributed by atoms with Gasteiger partial charge in [-0.3, -0.25) is 9.48 Å². The Hall–Kier alpha value is -3.61. The summed E-state index contributed by atoms with van der Waals surface area (Å²) in [5.41, 5.74) is 0.694. The maximum absolute atomic E-state index is 14.7. The molecule has 31 heavy (non-hydrogen) atoms. The summed E-state index contributed by atoms with van der Waals surface area (Å²) >= 11 is 0. The molecule has 1 N–H and O–H groups in total. The van der Waals surface area contributed by atoms with Gasteiger partial charge in [-0.25, -0.2) is 18.7 Å². The summed E-state index contributed by atoms with van der Waals surface area (Å²) in [7, 11) is 0. The Labute approximate surface area is 176 Å². The lowest BCUT2D eigenvalue weighted by atomic mass is 9.91. The zero-order chi connectivity index (χ0) is 21.5. The van der Waals surface area contributed by atoms with E-state index >= 15 is 0 Å². The van der Waals surface area contributed by atoms with E-state index in [1.54, 1.807) is 12.3 Å². The minimum absolute atomic E-state index is 0.0482. The molecule has 3 heterocycles. The Morgan fingerprint density at radius 1 is 1.26 bits per heavy atom. The molecular formula is C21H19F2N7O. The van der Waals surface area contributed by atoms with E-state index in [-0.39, 0.29) is 29.6 Å². The first-order chi connectivity index (χ1) is 15.0. The SMILES string of the molecule is N#CC1CN(C(=O)C2=C(F)CC(c3nc(Nc4cnn(C5CC5)c4)ncc3F)C=C2)C1. The molecule has 1 saturated heterocycles. The maximum Gasteiger partial charge on any atom is 0.256 e. The van der Waals surface area contributed by atoms with Crippen LogP contribution in [-0.2, 0) is 4.79 Å². The van der Waals surface area contributed by atoms with E-state index in [4.69, 9.17) is 5.26 Å². The van der Waals surface area contributed by atoms with Crippen molar-refractivity contribution in [2.45, 2.75) is 31.2 Å². The molecule has 158 valence electrons. The number of amides is 1. The molecule has 1 atom stereocenters. The molecule has 3 aliphatic rings. The van der Waals surface area contributed by atoms with E-state index in [0.29, 0.717) is 24.8 Å². The van der Waals surface area contributed by atoms with Gasteiger partial charge in [-0.2, -0.15) is 10.4 Å². The summed E-state index contributed by atoms with van der Waals surface area (Å²) in [5.74, 6) is -2.37. The van der Waals surface area contributed by atoms with Gasteiger partial charge in [-0.15, -0.1) is 0 Å². The first kappa shape index (κ1) is 19.4. The van der Waals surface area contributed by atoms with Crippen molar-refractivity contribution in [3.05, 3.63) is 53.7 Å². The van der Waals surface area contributed by atoms with Gasteiger partial charge in [0.2, 0.25) is 5.95 Å². The number of likely N-dealkylation sites (tertiary alicyclic amines) is 1. The number of allylic oxidation sites excluding steroid dienone is 2. The fraction of sp³-hybridized carbons (Fsp3) is 0.381. The fourth-order valence-corrected chi connectivity index (χ4v) is 3.72. The lowest BCUT2D eigenvalue weighted by Gasteiger charge is -2.36. The van der Waals surface area contributed by atoms with E-state index in [2.05, 4.69) is 26.5 Å². The second kappa shape index (κ2) is 7.58. The van der Waals surface area contributed by atoms with Crippen molar-refractivity contribution in [2.24, 2.45) is 5.92 Å². The largest absolute Gasteiger partial charge is 0.336 e. The molecule has 1 saturated carbocycles. The number of carbonyl (C=O) groups is 1. The second-order valence-electron chi connectivity index (χ2n) is 8.02. The van der Waals surface area contributed by atoms with Gasteiger partial charge in [-0.1, -0.05) is 12.2 Å². The number of nitrogens with one attached hydrogen (secondary N) is 1. The molecule has 5 rings (SSSR count). The number of rotatable bonds is 5. The van der Waals surface area contributed by atoms with Gasteiger partial charge < -0.3 is 10.2 Å².